The number of aliphatic hydroxyl groups is 1. The average molecular weight is 271 g/mol. The molecule has 0 radical (unpaired) electrons. The van der Waals surface area contributed by atoms with E-state index in [-0.39, 0.29) is 19.0 Å². The van der Waals surface area contributed by atoms with Crippen molar-refractivity contribution in [2.75, 3.05) is 31.6 Å². The summed E-state index contributed by atoms with van der Waals surface area (Å²) in [5.74, 6) is 0. The molecule has 0 aliphatic carbocycles. The van der Waals surface area contributed by atoms with E-state index in [1.165, 1.54) is 16.8 Å². The Hall–Kier alpha value is -0.770. The highest BCUT2D eigenvalue weighted by Gasteiger charge is 2.15. The van der Waals surface area contributed by atoms with E-state index in [2.05, 4.69) is 35.3 Å². The van der Waals surface area contributed by atoms with Gasteiger partial charge >= 0.3 is 0 Å². The molecule has 1 aliphatic rings. The largest absolute Gasteiger partial charge is 0.395 e. The van der Waals surface area contributed by atoms with Gasteiger partial charge in [-0.3, -0.25) is 4.90 Å². The van der Waals surface area contributed by atoms with Gasteiger partial charge < -0.3 is 10.4 Å². The fourth-order valence-electron chi connectivity index (χ4n) is 2.51. The van der Waals surface area contributed by atoms with Gasteiger partial charge in [-0.15, -0.1) is 12.4 Å². The topological polar surface area (TPSA) is 35.5 Å². The van der Waals surface area contributed by atoms with E-state index in [4.69, 9.17) is 5.11 Å². The van der Waals surface area contributed by atoms with Crippen molar-refractivity contribution >= 4 is 18.1 Å². The number of aliphatic hydroxyl groups excluding tert-OH is 1. The minimum absolute atomic E-state index is 0. The summed E-state index contributed by atoms with van der Waals surface area (Å²) in [5, 5.41) is 12.5. The fraction of sp³-hybridized carbons (Fsp3) is 0.571. The lowest BCUT2D eigenvalue weighted by molar-refractivity contribution is 0.190. The number of benzene rings is 1. The van der Waals surface area contributed by atoms with E-state index in [0.29, 0.717) is 0 Å². The van der Waals surface area contributed by atoms with E-state index in [1.54, 1.807) is 0 Å². The molecule has 1 aliphatic heterocycles. The number of hydrogen-bond donors (Lipinski definition) is 2. The van der Waals surface area contributed by atoms with Gasteiger partial charge in [-0.05, 0) is 30.5 Å². The van der Waals surface area contributed by atoms with E-state index in [0.717, 1.165) is 39.0 Å². The maximum Gasteiger partial charge on any atom is 0.0558 e. The molecule has 0 amide bonds. The molecule has 0 fully saturated rings. The first-order valence-corrected chi connectivity index (χ1v) is 6.53. The molecule has 1 aromatic rings. The van der Waals surface area contributed by atoms with Crippen LogP contribution in [-0.4, -0.2) is 36.2 Å². The van der Waals surface area contributed by atoms with Crippen LogP contribution >= 0.6 is 12.4 Å². The third kappa shape index (κ3) is 3.61. The number of anilines is 1. The number of para-hydroxylation sites is 1. The molecule has 0 atom stereocenters. The summed E-state index contributed by atoms with van der Waals surface area (Å²) in [7, 11) is 0. The van der Waals surface area contributed by atoms with E-state index in [1.807, 2.05) is 0 Å². The van der Waals surface area contributed by atoms with Gasteiger partial charge in [0, 0.05) is 25.3 Å². The van der Waals surface area contributed by atoms with Gasteiger partial charge in [-0.2, -0.15) is 0 Å². The molecule has 4 heteroatoms. The first kappa shape index (κ1) is 15.3. The molecular formula is C14H23ClN2O. The Morgan fingerprint density at radius 2 is 2.17 bits per heavy atom. The lowest BCUT2D eigenvalue weighted by Gasteiger charge is -2.22. The number of nitrogens with one attached hydrogen (secondary N) is 1. The van der Waals surface area contributed by atoms with Crippen LogP contribution < -0.4 is 5.32 Å². The molecule has 102 valence electrons. The normalized spacial score (nSPS) is 13.1. The number of fused-ring (bicyclic) bond motifs is 1. The molecule has 0 unspecified atom stereocenters. The van der Waals surface area contributed by atoms with Gasteiger partial charge in [-0.1, -0.05) is 25.1 Å². The molecule has 0 aromatic heterocycles. The molecule has 0 bridgehead atoms. The Balaban J connectivity index is 0.00000162. The number of hydrogen-bond acceptors (Lipinski definition) is 3. The summed E-state index contributed by atoms with van der Waals surface area (Å²) >= 11 is 0. The smallest absolute Gasteiger partial charge is 0.0558 e. The highest BCUT2D eigenvalue weighted by molar-refractivity contribution is 5.85. The SMILES string of the molecule is CCCN(CCO)Cc1cccc2c1NCC2.Cl. The van der Waals surface area contributed by atoms with Crippen molar-refractivity contribution in [2.45, 2.75) is 26.3 Å². The lowest BCUT2D eigenvalue weighted by atomic mass is 10.1. The fourth-order valence-corrected chi connectivity index (χ4v) is 2.51. The van der Waals surface area contributed by atoms with Gasteiger partial charge in [0.25, 0.3) is 0 Å². The standard InChI is InChI=1S/C14H22N2O.ClH/c1-2-8-16(9-10-17)11-13-5-3-4-12-6-7-15-14(12)13;/h3-5,15,17H,2,6-11H2,1H3;1H. The number of nitrogens with zero attached hydrogens (tertiary/aromatic N) is 1. The summed E-state index contributed by atoms with van der Waals surface area (Å²) in [6.07, 6.45) is 2.26. The van der Waals surface area contributed by atoms with Crippen LogP contribution in [0, 0.1) is 0 Å². The maximum absolute atomic E-state index is 9.08. The molecule has 0 saturated heterocycles. The molecule has 18 heavy (non-hydrogen) atoms. The van der Waals surface area contributed by atoms with Crippen molar-refractivity contribution in [3.63, 3.8) is 0 Å². The summed E-state index contributed by atoms with van der Waals surface area (Å²) in [5.41, 5.74) is 4.12. The predicted molar refractivity (Wildman–Crippen MR) is 78.5 cm³/mol. The van der Waals surface area contributed by atoms with Crippen LogP contribution in [0.5, 0.6) is 0 Å². The van der Waals surface area contributed by atoms with Crippen molar-refractivity contribution in [3.05, 3.63) is 29.3 Å². The van der Waals surface area contributed by atoms with Crippen LogP contribution in [-0.2, 0) is 13.0 Å². The van der Waals surface area contributed by atoms with Crippen LogP contribution in [0.3, 0.4) is 0 Å². The first-order chi connectivity index (χ1) is 8.35. The predicted octanol–water partition coefficient (Wildman–Crippen LogP) is 2.28. The molecule has 1 heterocycles. The number of halogens is 1. The molecule has 1 aromatic carbocycles. The minimum atomic E-state index is 0. The quantitative estimate of drug-likeness (QED) is 0.833. The van der Waals surface area contributed by atoms with Crippen LogP contribution in [0.15, 0.2) is 18.2 Å². The van der Waals surface area contributed by atoms with Gasteiger partial charge in [0.2, 0.25) is 0 Å². The van der Waals surface area contributed by atoms with Crippen LogP contribution in [0.1, 0.15) is 24.5 Å². The van der Waals surface area contributed by atoms with Crippen molar-refractivity contribution in [3.8, 4) is 0 Å². The molecule has 2 rings (SSSR count). The van der Waals surface area contributed by atoms with Crippen LogP contribution in [0.2, 0.25) is 0 Å². The minimum Gasteiger partial charge on any atom is -0.395 e. The molecular weight excluding hydrogens is 248 g/mol. The molecule has 0 spiro atoms. The van der Waals surface area contributed by atoms with Gasteiger partial charge in [0.1, 0.15) is 0 Å². The van der Waals surface area contributed by atoms with Gasteiger partial charge in [-0.25, -0.2) is 0 Å². The first-order valence-electron chi connectivity index (χ1n) is 6.53. The van der Waals surface area contributed by atoms with Gasteiger partial charge in [0.05, 0.1) is 6.61 Å². The summed E-state index contributed by atoms with van der Waals surface area (Å²) in [4.78, 5) is 2.32. The Morgan fingerprint density at radius 1 is 1.33 bits per heavy atom. The van der Waals surface area contributed by atoms with E-state index in [9.17, 15) is 0 Å². The van der Waals surface area contributed by atoms with Crippen molar-refractivity contribution in [2.24, 2.45) is 0 Å². The number of rotatable bonds is 6. The lowest BCUT2D eigenvalue weighted by Crippen LogP contribution is -2.27. The highest BCUT2D eigenvalue weighted by atomic mass is 35.5. The van der Waals surface area contributed by atoms with Gasteiger partial charge in [0.15, 0.2) is 0 Å². The van der Waals surface area contributed by atoms with E-state index >= 15 is 0 Å². The zero-order chi connectivity index (χ0) is 12.1. The highest BCUT2D eigenvalue weighted by Crippen LogP contribution is 2.27. The average Bonchev–Trinajstić information content (AvgIpc) is 2.79. The van der Waals surface area contributed by atoms with Crippen LogP contribution in [0.25, 0.3) is 0 Å². The van der Waals surface area contributed by atoms with Crippen molar-refractivity contribution < 1.29 is 5.11 Å². The Morgan fingerprint density at radius 3 is 2.89 bits per heavy atom. The molecule has 2 N–H and O–H groups in total. The maximum atomic E-state index is 9.08. The van der Waals surface area contributed by atoms with Crippen molar-refractivity contribution in [1.29, 1.82) is 0 Å². The zero-order valence-corrected chi connectivity index (χ0v) is 11.8. The van der Waals surface area contributed by atoms with Crippen molar-refractivity contribution in [1.82, 2.24) is 4.90 Å². The Bertz CT molecular complexity index is 365. The third-order valence-electron chi connectivity index (χ3n) is 3.28. The monoisotopic (exact) mass is 270 g/mol. The molecule has 0 saturated carbocycles. The zero-order valence-electron chi connectivity index (χ0n) is 11.0. The second-order valence-electron chi connectivity index (χ2n) is 4.63. The van der Waals surface area contributed by atoms with Crippen LogP contribution in [0.4, 0.5) is 5.69 Å². The second-order valence-corrected chi connectivity index (χ2v) is 4.63. The summed E-state index contributed by atoms with van der Waals surface area (Å²) in [6.45, 7) is 6.22. The summed E-state index contributed by atoms with van der Waals surface area (Å²) < 4.78 is 0. The Kier molecular flexibility index (Phi) is 6.47. The summed E-state index contributed by atoms with van der Waals surface area (Å²) in [6, 6.07) is 6.54. The third-order valence-corrected chi connectivity index (χ3v) is 3.28. The van der Waals surface area contributed by atoms with E-state index < -0.39 is 0 Å². The second kappa shape index (κ2) is 7.62. The molecule has 3 nitrogen and oxygen atoms in total. The Labute approximate surface area is 116 Å².